The van der Waals surface area contributed by atoms with Gasteiger partial charge in [0.15, 0.2) is 11.5 Å². The van der Waals surface area contributed by atoms with E-state index >= 15 is 0 Å². The lowest BCUT2D eigenvalue weighted by Crippen LogP contribution is -2.23. The minimum atomic E-state index is -3.76. The van der Waals surface area contributed by atoms with Gasteiger partial charge in [-0.2, -0.15) is 0 Å². The molecule has 1 aliphatic heterocycles. The van der Waals surface area contributed by atoms with Crippen molar-refractivity contribution < 1.29 is 22.7 Å². The summed E-state index contributed by atoms with van der Waals surface area (Å²) in [6.45, 7) is 6.36. The fraction of sp³-hybridized carbons (Fsp3) is 0.208. The van der Waals surface area contributed by atoms with E-state index in [0.717, 1.165) is 10.4 Å². The van der Waals surface area contributed by atoms with Crippen molar-refractivity contribution in [2.75, 3.05) is 18.5 Å². The van der Waals surface area contributed by atoms with Crippen LogP contribution in [0.4, 0.5) is 5.69 Å². The summed E-state index contributed by atoms with van der Waals surface area (Å²) in [6.07, 6.45) is 1.87. The lowest BCUT2D eigenvalue weighted by molar-refractivity contribution is -0.116. The minimum absolute atomic E-state index is 0.123. The van der Waals surface area contributed by atoms with Gasteiger partial charge in [-0.25, -0.2) is 8.42 Å². The second kappa shape index (κ2) is 9.18. The Morgan fingerprint density at radius 2 is 1.94 bits per heavy atom. The van der Waals surface area contributed by atoms with Crippen LogP contribution < -0.4 is 14.8 Å². The Bertz CT molecular complexity index is 1250. The quantitative estimate of drug-likeness (QED) is 0.469. The minimum Gasteiger partial charge on any atom is -0.490 e. The van der Waals surface area contributed by atoms with E-state index in [-0.39, 0.29) is 28.0 Å². The van der Waals surface area contributed by atoms with Gasteiger partial charge < -0.3 is 14.8 Å². The number of fused-ring (bicyclic) bond motifs is 1. The predicted octanol–water partition coefficient (Wildman–Crippen LogP) is 5.02. The molecule has 0 aliphatic carbocycles. The van der Waals surface area contributed by atoms with Crippen molar-refractivity contribution in [3.63, 3.8) is 0 Å². The van der Waals surface area contributed by atoms with E-state index in [0.29, 0.717) is 30.4 Å². The third-order valence-electron chi connectivity index (χ3n) is 5.13. The van der Waals surface area contributed by atoms with E-state index in [9.17, 15) is 13.2 Å². The molecule has 1 aromatic heterocycles. The second-order valence-electron chi connectivity index (χ2n) is 7.20. The van der Waals surface area contributed by atoms with Gasteiger partial charge >= 0.3 is 0 Å². The zero-order valence-corrected chi connectivity index (χ0v) is 19.2. The molecular formula is C24H23NO5S2. The van der Waals surface area contributed by atoms with Crippen molar-refractivity contribution in [2.24, 2.45) is 0 Å². The molecule has 1 amide bonds. The summed E-state index contributed by atoms with van der Waals surface area (Å²) in [4.78, 5) is 13.7. The Labute approximate surface area is 191 Å². The maximum atomic E-state index is 13.2. The topological polar surface area (TPSA) is 81.7 Å². The van der Waals surface area contributed by atoms with Crippen molar-refractivity contribution in [3.8, 4) is 11.5 Å². The molecule has 1 aliphatic rings. The Morgan fingerprint density at radius 3 is 2.66 bits per heavy atom. The Kier molecular flexibility index (Phi) is 6.34. The number of carbonyl (C=O) groups excluding carboxylic acids is 1. The predicted molar refractivity (Wildman–Crippen MR) is 125 cm³/mol. The zero-order chi connectivity index (χ0) is 22.7. The average molecular weight is 470 g/mol. The van der Waals surface area contributed by atoms with E-state index in [1.807, 2.05) is 25.1 Å². The molecule has 0 spiro atoms. The van der Waals surface area contributed by atoms with Gasteiger partial charge in [0, 0.05) is 22.6 Å². The summed E-state index contributed by atoms with van der Waals surface area (Å²) in [7, 11) is -3.76. The fourth-order valence-electron chi connectivity index (χ4n) is 3.68. The van der Waals surface area contributed by atoms with Gasteiger partial charge in [0.05, 0.1) is 17.2 Å². The number of ether oxygens (including phenoxy) is 2. The molecule has 2 heterocycles. The molecule has 3 aromatic rings. The van der Waals surface area contributed by atoms with Crippen LogP contribution in [0.3, 0.4) is 0 Å². The summed E-state index contributed by atoms with van der Waals surface area (Å²) in [6, 6.07) is 13.8. The highest BCUT2D eigenvalue weighted by Gasteiger charge is 2.34. The molecule has 32 heavy (non-hydrogen) atoms. The molecule has 1 atom stereocenters. The van der Waals surface area contributed by atoms with Crippen molar-refractivity contribution in [2.45, 2.75) is 29.1 Å². The first-order valence-corrected chi connectivity index (χ1v) is 12.5. The molecule has 6 nitrogen and oxygen atoms in total. The SMILES string of the molecule is C=CCOc1ccc([C@H]2CC(=O)Nc3c(S(=O)(=O)c4ccccc4)csc32)cc1OCC. The van der Waals surface area contributed by atoms with Gasteiger partial charge in [-0.1, -0.05) is 36.9 Å². The molecule has 0 unspecified atom stereocenters. The number of amides is 1. The summed E-state index contributed by atoms with van der Waals surface area (Å²) in [5, 5.41) is 4.40. The molecule has 0 bridgehead atoms. The van der Waals surface area contributed by atoms with E-state index in [2.05, 4.69) is 11.9 Å². The second-order valence-corrected chi connectivity index (χ2v) is 10.0. The highest BCUT2D eigenvalue weighted by atomic mass is 32.2. The lowest BCUT2D eigenvalue weighted by atomic mass is 9.90. The van der Waals surface area contributed by atoms with Crippen LogP contribution in [0.1, 0.15) is 29.7 Å². The fourth-order valence-corrected chi connectivity index (χ4v) is 6.60. The number of hydrogen-bond acceptors (Lipinski definition) is 6. The molecule has 1 N–H and O–H groups in total. The van der Waals surface area contributed by atoms with Crippen LogP contribution in [-0.4, -0.2) is 27.5 Å². The van der Waals surface area contributed by atoms with Gasteiger partial charge in [-0.05, 0) is 36.8 Å². The Morgan fingerprint density at radius 1 is 1.16 bits per heavy atom. The third kappa shape index (κ3) is 4.16. The van der Waals surface area contributed by atoms with Gasteiger partial charge in [-0.3, -0.25) is 4.79 Å². The van der Waals surface area contributed by atoms with Crippen molar-refractivity contribution in [1.82, 2.24) is 0 Å². The van der Waals surface area contributed by atoms with E-state index < -0.39 is 9.84 Å². The number of rotatable bonds is 8. The largest absolute Gasteiger partial charge is 0.490 e. The van der Waals surface area contributed by atoms with Crippen molar-refractivity contribution in [3.05, 3.63) is 77.0 Å². The lowest BCUT2D eigenvalue weighted by Gasteiger charge is -2.24. The van der Waals surface area contributed by atoms with E-state index in [1.165, 1.54) is 11.3 Å². The van der Waals surface area contributed by atoms with Gasteiger partial charge in [-0.15, -0.1) is 11.3 Å². The molecule has 0 saturated heterocycles. The van der Waals surface area contributed by atoms with Crippen LogP contribution in [0, 0.1) is 0 Å². The molecule has 0 fully saturated rings. The van der Waals surface area contributed by atoms with Crippen molar-refractivity contribution >= 4 is 32.8 Å². The number of anilines is 1. The summed E-state index contributed by atoms with van der Waals surface area (Å²) < 4.78 is 37.8. The van der Waals surface area contributed by atoms with Crippen LogP contribution in [-0.2, 0) is 14.6 Å². The molecule has 4 rings (SSSR count). The van der Waals surface area contributed by atoms with Gasteiger partial charge in [0.1, 0.15) is 11.5 Å². The molecule has 166 valence electrons. The monoisotopic (exact) mass is 469 g/mol. The number of thiophene rings is 1. The first-order valence-electron chi connectivity index (χ1n) is 10.2. The van der Waals surface area contributed by atoms with Crippen molar-refractivity contribution in [1.29, 1.82) is 0 Å². The maximum absolute atomic E-state index is 13.2. The summed E-state index contributed by atoms with van der Waals surface area (Å²) in [5.41, 5.74) is 1.23. The average Bonchev–Trinajstić information content (AvgIpc) is 3.23. The summed E-state index contributed by atoms with van der Waals surface area (Å²) >= 11 is 1.34. The zero-order valence-electron chi connectivity index (χ0n) is 17.5. The standard InChI is InChI=1S/C24H23NO5S2/c1-3-12-30-19-11-10-16(13-20(19)29-4-2)18-14-22(26)25-23-21(15-31-24(18)23)32(27,28)17-8-6-5-7-9-17/h3,5-11,13,15,18H,1,4,12,14H2,2H3,(H,25,26)/t18-/m1/s1. The normalized spacial score (nSPS) is 15.5. The highest BCUT2D eigenvalue weighted by molar-refractivity contribution is 7.91. The van der Waals surface area contributed by atoms with Gasteiger partial charge in [0.25, 0.3) is 0 Å². The van der Waals surface area contributed by atoms with Gasteiger partial charge in [0.2, 0.25) is 15.7 Å². The van der Waals surface area contributed by atoms with Crippen LogP contribution in [0.5, 0.6) is 11.5 Å². The number of nitrogens with one attached hydrogen (secondary N) is 1. The molecule has 2 aromatic carbocycles. The third-order valence-corrected chi connectivity index (χ3v) is 8.16. The van der Waals surface area contributed by atoms with Crippen LogP contribution in [0.15, 0.2) is 76.4 Å². The smallest absolute Gasteiger partial charge is 0.225 e. The van der Waals surface area contributed by atoms with Crippen LogP contribution in [0.2, 0.25) is 0 Å². The first-order chi connectivity index (χ1) is 15.5. The molecule has 0 saturated carbocycles. The number of benzene rings is 2. The van der Waals surface area contributed by atoms with Crippen LogP contribution in [0.25, 0.3) is 0 Å². The number of hydrogen-bond donors (Lipinski definition) is 1. The van der Waals surface area contributed by atoms with E-state index in [4.69, 9.17) is 9.47 Å². The number of carbonyl (C=O) groups is 1. The molecular weight excluding hydrogens is 446 g/mol. The molecule has 8 heteroatoms. The first kappa shape index (κ1) is 22.1. The molecule has 0 radical (unpaired) electrons. The van der Waals surface area contributed by atoms with Crippen LogP contribution >= 0.6 is 11.3 Å². The summed E-state index contributed by atoms with van der Waals surface area (Å²) in [5.74, 6) is 0.661. The Hall–Kier alpha value is -3.10. The number of sulfone groups is 1. The maximum Gasteiger partial charge on any atom is 0.225 e. The van der Waals surface area contributed by atoms with E-state index in [1.54, 1.807) is 41.8 Å². The Balaban J connectivity index is 1.76. The highest BCUT2D eigenvalue weighted by Crippen LogP contribution is 2.47.